The standard InChI is InChI=1S/C23H22F6N2O2/c1-3-30(13-20(32)31-9-8-15-6-4-5-7-19(15)14(31)2)21(33)16-10-17(22(24,25)26)12-18(11-16)23(27,28)29/h4-7,10-12,14H,3,8-9,13H2,1-2H3. The van der Waals surface area contributed by atoms with Crippen LogP contribution in [0.15, 0.2) is 42.5 Å². The molecule has 2 amide bonds. The van der Waals surface area contributed by atoms with Crippen molar-refractivity contribution in [1.29, 1.82) is 0 Å². The second-order valence-electron chi connectivity index (χ2n) is 7.83. The van der Waals surface area contributed by atoms with Crippen LogP contribution in [0.5, 0.6) is 0 Å². The summed E-state index contributed by atoms with van der Waals surface area (Å²) < 4.78 is 78.9. The van der Waals surface area contributed by atoms with E-state index in [-0.39, 0.29) is 18.7 Å². The van der Waals surface area contributed by atoms with Gasteiger partial charge in [-0.3, -0.25) is 9.59 Å². The fourth-order valence-corrected chi connectivity index (χ4v) is 3.95. The predicted octanol–water partition coefficient (Wildman–Crippen LogP) is 5.33. The first-order valence-electron chi connectivity index (χ1n) is 10.3. The molecule has 0 aliphatic carbocycles. The Kier molecular flexibility index (Phi) is 6.76. The number of amides is 2. The highest BCUT2D eigenvalue weighted by Crippen LogP contribution is 2.36. The molecule has 10 heteroatoms. The van der Waals surface area contributed by atoms with Gasteiger partial charge in [0.15, 0.2) is 0 Å². The number of rotatable bonds is 4. The molecular formula is C23H22F6N2O2. The normalized spacial score (nSPS) is 16.4. The van der Waals surface area contributed by atoms with Gasteiger partial charge in [-0.15, -0.1) is 0 Å². The Balaban J connectivity index is 1.85. The number of nitrogens with zero attached hydrogens (tertiary/aromatic N) is 2. The lowest BCUT2D eigenvalue weighted by molar-refractivity contribution is -0.143. The van der Waals surface area contributed by atoms with Crippen LogP contribution in [0.4, 0.5) is 26.3 Å². The lowest BCUT2D eigenvalue weighted by atomic mass is 9.93. The van der Waals surface area contributed by atoms with Crippen LogP contribution in [-0.4, -0.2) is 41.2 Å². The quantitative estimate of drug-likeness (QED) is 0.565. The van der Waals surface area contributed by atoms with Crippen molar-refractivity contribution in [1.82, 2.24) is 9.80 Å². The molecule has 2 aromatic rings. The molecule has 2 aromatic carbocycles. The van der Waals surface area contributed by atoms with Crippen molar-refractivity contribution in [2.24, 2.45) is 0 Å². The van der Waals surface area contributed by atoms with E-state index in [0.29, 0.717) is 25.1 Å². The van der Waals surface area contributed by atoms with E-state index < -0.39 is 47.4 Å². The minimum Gasteiger partial charge on any atom is -0.334 e. The average molecular weight is 472 g/mol. The molecule has 0 radical (unpaired) electrons. The van der Waals surface area contributed by atoms with Crippen LogP contribution in [-0.2, 0) is 23.6 Å². The number of hydrogen-bond acceptors (Lipinski definition) is 2. The van der Waals surface area contributed by atoms with E-state index in [1.54, 1.807) is 4.90 Å². The molecule has 0 N–H and O–H groups in total. The summed E-state index contributed by atoms with van der Waals surface area (Å²) in [5, 5.41) is 0. The molecule has 1 aliphatic rings. The Labute approximate surface area is 186 Å². The SMILES string of the molecule is CCN(CC(=O)N1CCc2ccccc2C1C)C(=O)c1cc(C(F)(F)F)cc(C(F)(F)F)c1. The maximum atomic E-state index is 13.1. The highest BCUT2D eigenvalue weighted by molar-refractivity contribution is 5.97. The monoisotopic (exact) mass is 472 g/mol. The van der Waals surface area contributed by atoms with Crippen molar-refractivity contribution in [2.45, 2.75) is 38.7 Å². The zero-order valence-corrected chi connectivity index (χ0v) is 17.9. The van der Waals surface area contributed by atoms with Crippen molar-refractivity contribution >= 4 is 11.8 Å². The van der Waals surface area contributed by atoms with E-state index in [2.05, 4.69) is 0 Å². The Hall–Kier alpha value is -3.04. The number of benzene rings is 2. The van der Waals surface area contributed by atoms with E-state index in [1.165, 1.54) is 6.92 Å². The number of halogens is 6. The number of fused-ring (bicyclic) bond motifs is 1. The number of carbonyl (C=O) groups excluding carboxylic acids is 2. The van der Waals surface area contributed by atoms with Crippen LogP contribution >= 0.6 is 0 Å². The fourth-order valence-electron chi connectivity index (χ4n) is 3.95. The summed E-state index contributed by atoms with van der Waals surface area (Å²) in [5.74, 6) is -1.51. The summed E-state index contributed by atoms with van der Waals surface area (Å²) >= 11 is 0. The molecule has 178 valence electrons. The molecule has 1 aliphatic heterocycles. The Bertz CT molecular complexity index is 1020. The van der Waals surface area contributed by atoms with Gasteiger partial charge in [0.2, 0.25) is 5.91 Å². The third-order valence-electron chi connectivity index (χ3n) is 5.74. The van der Waals surface area contributed by atoms with E-state index in [1.807, 2.05) is 31.2 Å². The minimum atomic E-state index is -5.07. The van der Waals surface area contributed by atoms with Gasteiger partial charge in [0.1, 0.15) is 6.54 Å². The van der Waals surface area contributed by atoms with Crippen LogP contribution in [0.2, 0.25) is 0 Å². The van der Waals surface area contributed by atoms with Crippen LogP contribution in [0.3, 0.4) is 0 Å². The molecule has 0 bridgehead atoms. The Morgan fingerprint density at radius 1 is 1.00 bits per heavy atom. The third-order valence-corrected chi connectivity index (χ3v) is 5.74. The summed E-state index contributed by atoms with van der Waals surface area (Å²) in [5.41, 5.74) is -1.88. The predicted molar refractivity (Wildman–Crippen MR) is 108 cm³/mol. The van der Waals surface area contributed by atoms with Gasteiger partial charge in [-0.05, 0) is 49.6 Å². The second-order valence-corrected chi connectivity index (χ2v) is 7.83. The first-order valence-corrected chi connectivity index (χ1v) is 10.3. The maximum Gasteiger partial charge on any atom is 0.416 e. The highest BCUT2D eigenvalue weighted by Gasteiger charge is 2.38. The lowest BCUT2D eigenvalue weighted by Crippen LogP contribution is -2.46. The highest BCUT2D eigenvalue weighted by atomic mass is 19.4. The number of alkyl halides is 6. The Morgan fingerprint density at radius 3 is 2.12 bits per heavy atom. The molecule has 1 unspecified atom stereocenters. The lowest BCUT2D eigenvalue weighted by Gasteiger charge is -2.36. The van der Waals surface area contributed by atoms with E-state index in [4.69, 9.17) is 0 Å². The first-order chi connectivity index (χ1) is 15.3. The zero-order valence-electron chi connectivity index (χ0n) is 17.9. The fraction of sp³-hybridized carbons (Fsp3) is 0.391. The molecule has 0 aromatic heterocycles. The van der Waals surface area contributed by atoms with Crippen molar-refractivity contribution in [2.75, 3.05) is 19.6 Å². The average Bonchev–Trinajstić information content (AvgIpc) is 2.75. The maximum absolute atomic E-state index is 13.1. The molecular weight excluding hydrogens is 450 g/mol. The number of hydrogen-bond donors (Lipinski definition) is 0. The van der Waals surface area contributed by atoms with E-state index in [9.17, 15) is 35.9 Å². The van der Waals surface area contributed by atoms with Gasteiger partial charge in [0, 0.05) is 18.7 Å². The zero-order chi connectivity index (χ0) is 24.6. The molecule has 4 nitrogen and oxygen atoms in total. The summed E-state index contributed by atoms with van der Waals surface area (Å²) in [6.45, 7) is 3.19. The van der Waals surface area contributed by atoms with Crippen molar-refractivity contribution in [3.05, 3.63) is 70.3 Å². The summed E-state index contributed by atoms with van der Waals surface area (Å²) in [4.78, 5) is 28.3. The van der Waals surface area contributed by atoms with Crippen LogP contribution in [0.1, 0.15) is 52.5 Å². The number of carbonyl (C=O) groups is 2. The molecule has 0 saturated heterocycles. The van der Waals surface area contributed by atoms with Crippen molar-refractivity contribution in [3.8, 4) is 0 Å². The van der Waals surface area contributed by atoms with Crippen molar-refractivity contribution in [3.63, 3.8) is 0 Å². The molecule has 0 spiro atoms. The van der Waals surface area contributed by atoms with E-state index >= 15 is 0 Å². The topological polar surface area (TPSA) is 40.6 Å². The van der Waals surface area contributed by atoms with Gasteiger partial charge in [-0.25, -0.2) is 0 Å². The van der Waals surface area contributed by atoms with Crippen LogP contribution in [0, 0.1) is 0 Å². The van der Waals surface area contributed by atoms with Crippen LogP contribution in [0.25, 0.3) is 0 Å². The van der Waals surface area contributed by atoms with Crippen molar-refractivity contribution < 1.29 is 35.9 Å². The summed E-state index contributed by atoms with van der Waals surface area (Å²) in [6, 6.07) is 8.04. The molecule has 33 heavy (non-hydrogen) atoms. The smallest absolute Gasteiger partial charge is 0.334 e. The minimum absolute atomic E-state index is 0.0366. The molecule has 0 saturated carbocycles. The van der Waals surface area contributed by atoms with Gasteiger partial charge in [-0.1, -0.05) is 24.3 Å². The molecule has 1 atom stereocenters. The second kappa shape index (κ2) is 9.07. The summed E-state index contributed by atoms with van der Waals surface area (Å²) in [6.07, 6.45) is -9.53. The Morgan fingerprint density at radius 2 is 1.58 bits per heavy atom. The first kappa shape index (κ1) is 24.6. The number of likely N-dealkylation sites (N-methyl/N-ethyl adjacent to an activating group) is 1. The van der Waals surface area contributed by atoms with Gasteiger partial charge in [-0.2, -0.15) is 26.3 Å². The summed E-state index contributed by atoms with van der Waals surface area (Å²) in [7, 11) is 0. The van der Waals surface area contributed by atoms with E-state index in [0.717, 1.165) is 16.0 Å². The van der Waals surface area contributed by atoms with Gasteiger partial charge >= 0.3 is 12.4 Å². The molecule has 3 rings (SSSR count). The molecule has 0 fully saturated rings. The van der Waals surface area contributed by atoms with Gasteiger partial charge in [0.05, 0.1) is 17.2 Å². The van der Waals surface area contributed by atoms with Crippen LogP contribution < -0.4 is 0 Å². The largest absolute Gasteiger partial charge is 0.416 e. The van der Waals surface area contributed by atoms with Gasteiger partial charge < -0.3 is 9.80 Å². The molecule has 1 heterocycles. The van der Waals surface area contributed by atoms with Gasteiger partial charge in [0.25, 0.3) is 5.91 Å². The third kappa shape index (κ3) is 5.31.